The van der Waals surface area contributed by atoms with Gasteiger partial charge in [0, 0.05) is 6.04 Å². The number of hydrogen-bond acceptors (Lipinski definition) is 11. The molecule has 12 atom stereocenters. The van der Waals surface area contributed by atoms with Crippen LogP contribution in [0.15, 0.2) is 0 Å². The molecule has 0 aromatic heterocycles. The van der Waals surface area contributed by atoms with Crippen molar-refractivity contribution in [3.05, 3.63) is 0 Å². The summed E-state index contributed by atoms with van der Waals surface area (Å²) in [5.41, 5.74) is -8.63. The van der Waals surface area contributed by atoms with Crippen molar-refractivity contribution in [1.29, 1.82) is 0 Å². The molecule has 0 aromatic carbocycles. The highest BCUT2D eigenvalue weighted by Gasteiger charge is 3.05. The lowest BCUT2D eigenvalue weighted by Crippen LogP contribution is -2.67. The van der Waals surface area contributed by atoms with Crippen LogP contribution in [-0.2, 0) is 33.3 Å². The molecule has 176 valence electrons. The van der Waals surface area contributed by atoms with Crippen molar-refractivity contribution < 1.29 is 48.7 Å². The van der Waals surface area contributed by atoms with Crippen molar-refractivity contribution in [3.63, 3.8) is 0 Å². The monoisotopic (exact) mass is 453 g/mol. The first kappa shape index (κ1) is 20.8. The van der Waals surface area contributed by atoms with E-state index in [4.69, 9.17) is 18.9 Å². The predicted molar refractivity (Wildman–Crippen MR) is 100 cm³/mol. The van der Waals surface area contributed by atoms with Gasteiger partial charge in [-0.1, -0.05) is 20.8 Å². The summed E-state index contributed by atoms with van der Waals surface area (Å²) in [7, 11) is 1.66. The lowest BCUT2D eigenvalue weighted by atomic mass is 9.51. The average molecular weight is 453 g/mol. The molecule has 0 bridgehead atoms. The third kappa shape index (κ3) is 1.49. The Morgan fingerprint density at radius 3 is 2.25 bits per heavy atom. The molecule has 4 heterocycles. The fourth-order valence-electron chi connectivity index (χ4n) is 8.64. The van der Waals surface area contributed by atoms with E-state index >= 15 is 0 Å². The second kappa shape index (κ2) is 5.30. The highest BCUT2D eigenvalue weighted by atomic mass is 16.8. The van der Waals surface area contributed by atoms with E-state index in [-0.39, 0.29) is 0 Å². The van der Waals surface area contributed by atoms with Crippen LogP contribution in [0.2, 0.25) is 0 Å². The minimum Gasteiger partial charge on any atom is -0.458 e. The first-order valence-corrected chi connectivity index (χ1v) is 10.9. The van der Waals surface area contributed by atoms with E-state index in [1.54, 1.807) is 7.05 Å². The van der Waals surface area contributed by atoms with Gasteiger partial charge in [0.15, 0.2) is 17.8 Å². The molecule has 6 aliphatic rings. The maximum atomic E-state index is 13.6. The zero-order chi connectivity index (χ0) is 23.4. The second-order valence-corrected chi connectivity index (χ2v) is 11.1. The van der Waals surface area contributed by atoms with Crippen molar-refractivity contribution in [2.45, 2.75) is 75.6 Å². The Labute approximate surface area is 183 Å². The van der Waals surface area contributed by atoms with E-state index in [9.17, 15) is 29.7 Å². The van der Waals surface area contributed by atoms with Gasteiger partial charge in [0.2, 0.25) is 11.9 Å². The summed E-state index contributed by atoms with van der Waals surface area (Å²) in [6, 6.07) is -0.626. The van der Waals surface area contributed by atoms with Crippen LogP contribution < -0.4 is 5.32 Å². The Morgan fingerprint density at radius 1 is 1.00 bits per heavy atom. The van der Waals surface area contributed by atoms with Crippen LogP contribution in [0.1, 0.15) is 27.7 Å². The van der Waals surface area contributed by atoms with Gasteiger partial charge in [0.05, 0.1) is 16.7 Å². The minimum atomic E-state index is -2.29. The van der Waals surface area contributed by atoms with E-state index in [1.807, 2.05) is 20.8 Å². The summed E-state index contributed by atoms with van der Waals surface area (Å²) in [5.74, 6) is -4.54. The van der Waals surface area contributed by atoms with Gasteiger partial charge < -0.3 is 39.6 Å². The zero-order valence-electron chi connectivity index (χ0n) is 18.3. The summed E-state index contributed by atoms with van der Waals surface area (Å²) in [5, 5.41) is 38.3. The molecule has 6 rings (SSSR count). The number of hydrogen-bond donors (Lipinski definition) is 4. The first-order chi connectivity index (χ1) is 14.8. The van der Waals surface area contributed by atoms with Crippen LogP contribution in [-0.4, -0.2) is 88.2 Å². The SMILES string of the molecule is CN[C@H]1C(C(C)(C)C)C23C(OC(=O)[C@@H]2O)O[C@@]24C(=O)OC1C32C(O)[C@@H]1OC(=O)C(C)[C@@]14O. The highest BCUT2D eigenvalue weighted by Crippen LogP contribution is 2.84. The number of likely N-dealkylation sites (N-methyl/N-ethyl adjacent to an activating group) is 1. The average Bonchev–Trinajstić information content (AvgIpc) is 3.40. The molecule has 4 aliphatic heterocycles. The van der Waals surface area contributed by atoms with Crippen LogP contribution in [0, 0.1) is 28.1 Å². The van der Waals surface area contributed by atoms with Crippen LogP contribution in [0.25, 0.3) is 0 Å². The third-order valence-electron chi connectivity index (χ3n) is 9.32. The topological polar surface area (TPSA) is 161 Å². The number of rotatable bonds is 1. The summed E-state index contributed by atoms with van der Waals surface area (Å²) in [6.07, 6.45) is -7.47. The van der Waals surface area contributed by atoms with Crippen molar-refractivity contribution in [3.8, 4) is 0 Å². The molecular formula is C21H27NO10. The van der Waals surface area contributed by atoms with Crippen molar-refractivity contribution in [2.24, 2.45) is 28.1 Å². The number of fused-ring (bicyclic) bond motifs is 1. The van der Waals surface area contributed by atoms with Crippen molar-refractivity contribution in [2.75, 3.05) is 7.05 Å². The van der Waals surface area contributed by atoms with Crippen molar-refractivity contribution in [1.82, 2.24) is 5.32 Å². The van der Waals surface area contributed by atoms with Crippen LogP contribution in [0.4, 0.5) is 0 Å². The summed E-state index contributed by atoms with van der Waals surface area (Å²) in [6.45, 7) is 7.11. The summed E-state index contributed by atoms with van der Waals surface area (Å²) in [4.78, 5) is 38.8. The molecule has 32 heavy (non-hydrogen) atoms. The van der Waals surface area contributed by atoms with E-state index in [0.717, 1.165) is 0 Å². The lowest BCUT2D eigenvalue weighted by molar-refractivity contribution is -0.240. The van der Waals surface area contributed by atoms with Gasteiger partial charge in [-0.25, -0.2) is 9.59 Å². The van der Waals surface area contributed by atoms with E-state index in [0.29, 0.717) is 0 Å². The van der Waals surface area contributed by atoms with Crippen LogP contribution in [0.5, 0.6) is 0 Å². The van der Waals surface area contributed by atoms with Gasteiger partial charge in [-0.3, -0.25) is 4.79 Å². The Balaban J connectivity index is 1.75. The largest absolute Gasteiger partial charge is 0.458 e. The Morgan fingerprint density at radius 2 is 1.66 bits per heavy atom. The minimum absolute atomic E-state index is 0.602. The number of aliphatic hydroxyl groups excluding tert-OH is 2. The number of aliphatic hydroxyl groups is 3. The number of ether oxygens (including phenoxy) is 4. The Hall–Kier alpha value is -1.79. The van der Waals surface area contributed by atoms with E-state index < -0.39 is 93.9 Å². The number of carbonyl (C=O) groups is 3. The molecule has 2 saturated carbocycles. The van der Waals surface area contributed by atoms with Gasteiger partial charge in [0.1, 0.15) is 12.2 Å². The number of carbonyl (C=O) groups excluding carboxylic acids is 3. The number of esters is 3. The molecule has 0 radical (unpaired) electrons. The van der Waals surface area contributed by atoms with Crippen LogP contribution in [0.3, 0.4) is 0 Å². The molecule has 0 amide bonds. The normalized spacial score (nSPS) is 59.4. The van der Waals surface area contributed by atoms with Gasteiger partial charge in [0.25, 0.3) is 0 Å². The fraction of sp³-hybridized carbons (Fsp3) is 0.857. The Bertz CT molecular complexity index is 978. The highest BCUT2D eigenvalue weighted by molar-refractivity contribution is 5.94. The van der Waals surface area contributed by atoms with Gasteiger partial charge in [-0.05, 0) is 25.3 Å². The van der Waals surface area contributed by atoms with E-state index in [1.165, 1.54) is 6.92 Å². The number of nitrogens with one attached hydrogen (secondary N) is 1. The molecule has 2 spiro atoms. The molecular weight excluding hydrogens is 426 g/mol. The lowest BCUT2D eigenvalue weighted by Gasteiger charge is -2.47. The predicted octanol–water partition coefficient (Wildman–Crippen LogP) is -2.17. The Kier molecular flexibility index (Phi) is 3.45. The molecule has 11 heteroatoms. The quantitative estimate of drug-likeness (QED) is 0.253. The molecule has 11 nitrogen and oxygen atoms in total. The third-order valence-corrected chi connectivity index (χ3v) is 9.32. The molecule has 6 fully saturated rings. The molecule has 4 N–H and O–H groups in total. The van der Waals surface area contributed by atoms with Crippen LogP contribution >= 0.6 is 0 Å². The zero-order valence-corrected chi connectivity index (χ0v) is 18.3. The van der Waals surface area contributed by atoms with Gasteiger partial charge >= 0.3 is 17.9 Å². The molecule has 7 unspecified atom stereocenters. The maximum Gasteiger partial charge on any atom is 0.343 e. The second-order valence-electron chi connectivity index (χ2n) is 11.1. The van der Waals surface area contributed by atoms with Gasteiger partial charge in [-0.2, -0.15) is 0 Å². The first-order valence-electron chi connectivity index (χ1n) is 10.9. The van der Waals surface area contributed by atoms with E-state index in [2.05, 4.69) is 5.32 Å². The maximum absolute atomic E-state index is 13.6. The van der Waals surface area contributed by atoms with Crippen molar-refractivity contribution >= 4 is 17.9 Å². The fourth-order valence-corrected chi connectivity index (χ4v) is 8.64. The standard InChI is InChI=1S/C21H27NO10/c1-6-13(25)29-12-9(23)19-11-7(22-5)8(17(2,3)4)18(19)10(24)14(26)31-16(18)32-21(19,15(27)30-11)20(6,12)28/h6-12,16,22-24,28H,1-5H3/t6?,7-,8?,9?,10-,11?,12-,16?,18?,19?,20+,21-/m0/s1. The molecule has 0 aromatic rings. The smallest absolute Gasteiger partial charge is 0.343 e. The summed E-state index contributed by atoms with van der Waals surface area (Å²) >= 11 is 0. The molecule has 2 aliphatic carbocycles. The molecule has 4 saturated heterocycles. The summed E-state index contributed by atoms with van der Waals surface area (Å²) < 4.78 is 22.8. The van der Waals surface area contributed by atoms with Gasteiger partial charge in [-0.15, -0.1) is 0 Å².